The van der Waals surface area contributed by atoms with E-state index in [0.717, 1.165) is 40.8 Å². The molecule has 0 atom stereocenters. The van der Waals surface area contributed by atoms with Gasteiger partial charge in [-0.05, 0) is 62.6 Å². The molecular weight excluding hydrogens is 314 g/mol. The summed E-state index contributed by atoms with van der Waals surface area (Å²) < 4.78 is 0. The van der Waals surface area contributed by atoms with E-state index < -0.39 is 0 Å². The van der Waals surface area contributed by atoms with Gasteiger partial charge < -0.3 is 10.4 Å². The zero-order valence-electron chi connectivity index (χ0n) is 14.4. The van der Waals surface area contributed by atoms with Gasteiger partial charge in [-0.3, -0.25) is 4.79 Å². The first-order valence-electron chi connectivity index (χ1n) is 8.34. The summed E-state index contributed by atoms with van der Waals surface area (Å²) in [6.07, 6.45) is 1.68. The summed E-state index contributed by atoms with van der Waals surface area (Å²) in [4.78, 5) is 21.3. The molecule has 128 valence electrons. The number of phenolic OH excluding ortho intramolecular Hbond substituents is 1. The van der Waals surface area contributed by atoms with Gasteiger partial charge in [0.05, 0.1) is 22.4 Å². The lowest BCUT2D eigenvalue weighted by Crippen LogP contribution is -2.24. The molecule has 0 fully saturated rings. The van der Waals surface area contributed by atoms with Crippen LogP contribution in [0, 0.1) is 13.8 Å². The maximum atomic E-state index is 12.3. The average Bonchev–Trinajstić information content (AvgIpc) is 2.60. The molecule has 2 N–H and O–H groups in total. The number of rotatable bonds is 5. The van der Waals surface area contributed by atoms with Crippen LogP contribution in [0.25, 0.3) is 11.0 Å². The quantitative estimate of drug-likeness (QED) is 0.702. The Bertz CT molecular complexity index is 905. The van der Waals surface area contributed by atoms with E-state index in [4.69, 9.17) is 0 Å². The maximum Gasteiger partial charge on any atom is 0.251 e. The van der Waals surface area contributed by atoms with Gasteiger partial charge in [-0.25, -0.2) is 9.97 Å². The first-order chi connectivity index (χ1) is 12.0. The zero-order chi connectivity index (χ0) is 17.8. The molecule has 3 aromatic rings. The Labute approximate surface area is 146 Å². The Kier molecular flexibility index (Phi) is 4.93. The number of aromatic hydroxyl groups is 1. The van der Waals surface area contributed by atoms with Crippen LogP contribution < -0.4 is 5.32 Å². The molecule has 1 amide bonds. The number of hydrogen-bond acceptors (Lipinski definition) is 4. The Morgan fingerprint density at radius 2 is 1.68 bits per heavy atom. The third-order valence-corrected chi connectivity index (χ3v) is 4.20. The molecule has 1 aromatic heterocycles. The van der Waals surface area contributed by atoms with Crippen molar-refractivity contribution in [2.45, 2.75) is 26.7 Å². The molecule has 0 bridgehead atoms. The number of hydrogen-bond donors (Lipinski definition) is 2. The SMILES string of the molecule is Cc1nc2ccc(C(=O)NCCCc3ccc(O)cc3)cc2nc1C. The van der Waals surface area contributed by atoms with E-state index in [1.807, 2.05) is 32.0 Å². The normalized spacial score (nSPS) is 10.8. The Hall–Kier alpha value is -2.95. The molecule has 0 aliphatic heterocycles. The molecule has 3 rings (SSSR count). The van der Waals surface area contributed by atoms with Crippen molar-refractivity contribution in [1.82, 2.24) is 15.3 Å². The fraction of sp³-hybridized carbons (Fsp3) is 0.250. The highest BCUT2D eigenvalue weighted by Gasteiger charge is 2.08. The number of fused-ring (bicyclic) bond motifs is 1. The first-order valence-corrected chi connectivity index (χ1v) is 8.34. The molecule has 0 saturated heterocycles. The third-order valence-electron chi connectivity index (χ3n) is 4.20. The van der Waals surface area contributed by atoms with Crippen LogP contribution in [0.15, 0.2) is 42.5 Å². The number of amides is 1. The van der Waals surface area contributed by atoms with Gasteiger partial charge in [0.25, 0.3) is 5.91 Å². The van der Waals surface area contributed by atoms with E-state index in [9.17, 15) is 9.90 Å². The van der Waals surface area contributed by atoms with Gasteiger partial charge in [0.1, 0.15) is 5.75 Å². The molecule has 5 heteroatoms. The van der Waals surface area contributed by atoms with E-state index >= 15 is 0 Å². The van der Waals surface area contributed by atoms with Crippen molar-refractivity contribution in [1.29, 1.82) is 0 Å². The lowest BCUT2D eigenvalue weighted by molar-refractivity contribution is 0.0953. The smallest absolute Gasteiger partial charge is 0.251 e. The lowest BCUT2D eigenvalue weighted by atomic mass is 10.1. The summed E-state index contributed by atoms with van der Waals surface area (Å²) in [5.74, 6) is 0.162. The number of carbonyl (C=O) groups excluding carboxylic acids is 1. The van der Waals surface area contributed by atoms with E-state index in [1.54, 1.807) is 24.3 Å². The van der Waals surface area contributed by atoms with Gasteiger partial charge in [-0.2, -0.15) is 0 Å². The van der Waals surface area contributed by atoms with E-state index in [1.165, 1.54) is 0 Å². The third kappa shape index (κ3) is 4.12. The predicted octanol–water partition coefficient (Wildman–Crippen LogP) is 3.31. The number of nitrogens with one attached hydrogen (secondary N) is 1. The van der Waals surface area contributed by atoms with Gasteiger partial charge >= 0.3 is 0 Å². The molecule has 0 spiro atoms. The minimum Gasteiger partial charge on any atom is -0.508 e. The predicted molar refractivity (Wildman–Crippen MR) is 97.8 cm³/mol. The Morgan fingerprint density at radius 1 is 1.00 bits per heavy atom. The second-order valence-electron chi connectivity index (χ2n) is 6.12. The summed E-state index contributed by atoms with van der Waals surface area (Å²) in [5, 5.41) is 12.2. The minimum absolute atomic E-state index is 0.104. The van der Waals surface area contributed by atoms with Crippen molar-refractivity contribution >= 4 is 16.9 Å². The van der Waals surface area contributed by atoms with Gasteiger partial charge in [-0.1, -0.05) is 12.1 Å². The largest absolute Gasteiger partial charge is 0.508 e. The van der Waals surface area contributed by atoms with Crippen LogP contribution in [-0.4, -0.2) is 27.5 Å². The topological polar surface area (TPSA) is 75.1 Å². The van der Waals surface area contributed by atoms with Crippen LogP contribution in [0.5, 0.6) is 5.75 Å². The molecule has 0 aliphatic rings. The molecular formula is C20H21N3O2. The summed E-state index contributed by atoms with van der Waals surface area (Å²) in [6.45, 7) is 4.44. The second kappa shape index (κ2) is 7.30. The summed E-state index contributed by atoms with van der Waals surface area (Å²) in [6, 6.07) is 12.5. The average molecular weight is 335 g/mol. The van der Waals surface area contributed by atoms with Crippen molar-refractivity contribution in [3.8, 4) is 5.75 Å². The highest BCUT2D eigenvalue weighted by atomic mass is 16.3. The number of aromatic nitrogens is 2. The summed E-state index contributed by atoms with van der Waals surface area (Å²) >= 11 is 0. The van der Waals surface area contributed by atoms with E-state index in [-0.39, 0.29) is 11.7 Å². The number of nitrogens with zero attached hydrogens (tertiary/aromatic N) is 2. The van der Waals surface area contributed by atoms with Gasteiger partial charge in [0.15, 0.2) is 0 Å². The molecule has 5 nitrogen and oxygen atoms in total. The van der Waals surface area contributed by atoms with Crippen LogP contribution >= 0.6 is 0 Å². The number of phenols is 1. The van der Waals surface area contributed by atoms with Crippen LogP contribution in [0.1, 0.15) is 33.7 Å². The Balaban J connectivity index is 1.58. The van der Waals surface area contributed by atoms with Gasteiger partial charge in [0.2, 0.25) is 0 Å². The zero-order valence-corrected chi connectivity index (χ0v) is 14.4. The maximum absolute atomic E-state index is 12.3. The van der Waals surface area contributed by atoms with E-state index in [2.05, 4.69) is 15.3 Å². The van der Waals surface area contributed by atoms with Gasteiger partial charge in [-0.15, -0.1) is 0 Å². The number of benzene rings is 2. The summed E-state index contributed by atoms with van der Waals surface area (Å²) in [7, 11) is 0. The minimum atomic E-state index is -0.104. The van der Waals surface area contributed by atoms with Crippen LogP contribution in [-0.2, 0) is 6.42 Å². The molecule has 0 aliphatic carbocycles. The standard InChI is InChI=1S/C20H21N3O2/c1-13-14(2)23-19-12-16(7-10-18(19)22-13)20(25)21-11-3-4-15-5-8-17(24)9-6-15/h5-10,12,24H,3-4,11H2,1-2H3,(H,21,25). The van der Waals surface area contributed by atoms with Crippen molar-refractivity contribution < 1.29 is 9.90 Å². The molecule has 0 saturated carbocycles. The number of aryl methyl sites for hydroxylation is 3. The molecule has 2 aromatic carbocycles. The fourth-order valence-corrected chi connectivity index (χ4v) is 2.63. The molecule has 1 heterocycles. The second-order valence-corrected chi connectivity index (χ2v) is 6.12. The highest BCUT2D eigenvalue weighted by Crippen LogP contribution is 2.15. The summed E-state index contributed by atoms with van der Waals surface area (Å²) in [5.41, 5.74) is 5.04. The monoisotopic (exact) mass is 335 g/mol. The van der Waals surface area contributed by atoms with Gasteiger partial charge in [0, 0.05) is 12.1 Å². The van der Waals surface area contributed by atoms with E-state index in [0.29, 0.717) is 12.1 Å². The van der Waals surface area contributed by atoms with Crippen molar-refractivity contribution in [3.63, 3.8) is 0 Å². The number of carbonyl (C=O) groups is 1. The van der Waals surface area contributed by atoms with Crippen LogP contribution in [0.2, 0.25) is 0 Å². The van der Waals surface area contributed by atoms with Crippen LogP contribution in [0.4, 0.5) is 0 Å². The van der Waals surface area contributed by atoms with Crippen molar-refractivity contribution in [2.75, 3.05) is 6.54 Å². The lowest BCUT2D eigenvalue weighted by Gasteiger charge is -2.07. The van der Waals surface area contributed by atoms with Crippen molar-refractivity contribution in [3.05, 3.63) is 65.0 Å². The molecule has 0 radical (unpaired) electrons. The van der Waals surface area contributed by atoms with Crippen molar-refractivity contribution in [2.24, 2.45) is 0 Å². The Morgan fingerprint density at radius 3 is 2.40 bits per heavy atom. The fourth-order valence-electron chi connectivity index (χ4n) is 2.63. The molecule has 25 heavy (non-hydrogen) atoms. The molecule has 0 unspecified atom stereocenters. The highest BCUT2D eigenvalue weighted by molar-refractivity contribution is 5.97. The van der Waals surface area contributed by atoms with Crippen LogP contribution in [0.3, 0.4) is 0 Å². The first kappa shape index (κ1) is 16.9.